The molecule has 1 aromatic carbocycles. The minimum atomic E-state index is 0. The molecule has 1 saturated heterocycles. The number of thiazole rings is 1. The first-order valence-corrected chi connectivity index (χ1v) is 8.91. The number of benzene rings is 1. The minimum Gasteiger partial charge on any atom is -0.497 e. The van der Waals surface area contributed by atoms with Gasteiger partial charge in [0.25, 0.3) is 0 Å². The fraction of sp³-hybridized carbons (Fsp3) is 0.412. The topological polar surface area (TPSA) is 61.8 Å². The molecule has 25 heavy (non-hydrogen) atoms. The van der Waals surface area contributed by atoms with E-state index in [9.17, 15) is 0 Å². The number of aromatic nitrogens is 1. The predicted octanol–water partition coefficient (Wildman–Crippen LogP) is 2.71. The number of nitrogens with one attached hydrogen (secondary N) is 2. The Bertz CT molecular complexity index is 679. The number of methoxy groups -OCH3 is 1. The van der Waals surface area contributed by atoms with Gasteiger partial charge < -0.3 is 20.3 Å². The molecule has 0 bridgehead atoms. The van der Waals surface area contributed by atoms with E-state index >= 15 is 0 Å². The molecule has 3 rings (SSSR count). The summed E-state index contributed by atoms with van der Waals surface area (Å²) < 4.78 is 5.31. The SMILES string of the molecule is CN=C(NCc1nccs1)NC1CCN(c2cccc(OC)c2)C1.I. The van der Waals surface area contributed by atoms with Crippen molar-refractivity contribution in [2.45, 2.75) is 19.0 Å². The van der Waals surface area contributed by atoms with E-state index in [4.69, 9.17) is 4.74 Å². The summed E-state index contributed by atoms with van der Waals surface area (Å²) in [4.78, 5) is 11.0. The predicted molar refractivity (Wildman–Crippen MR) is 114 cm³/mol. The summed E-state index contributed by atoms with van der Waals surface area (Å²) in [5, 5.41) is 9.86. The average Bonchev–Trinajstić information content (AvgIpc) is 3.30. The highest BCUT2D eigenvalue weighted by Gasteiger charge is 2.23. The Kier molecular flexibility index (Phi) is 7.76. The number of nitrogens with zero attached hydrogens (tertiary/aromatic N) is 3. The van der Waals surface area contributed by atoms with Gasteiger partial charge in [-0.1, -0.05) is 6.07 Å². The Morgan fingerprint density at radius 2 is 2.36 bits per heavy atom. The lowest BCUT2D eigenvalue weighted by Crippen LogP contribution is -2.44. The van der Waals surface area contributed by atoms with Crippen LogP contribution in [0.4, 0.5) is 5.69 Å². The first kappa shape index (κ1) is 19.8. The van der Waals surface area contributed by atoms with Gasteiger partial charge >= 0.3 is 0 Å². The number of hydrogen-bond acceptors (Lipinski definition) is 5. The number of halogens is 1. The van der Waals surface area contributed by atoms with Crippen LogP contribution >= 0.6 is 35.3 Å². The van der Waals surface area contributed by atoms with Crippen LogP contribution in [0.25, 0.3) is 0 Å². The zero-order valence-corrected chi connectivity index (χ0v) is 17.6. The third kappa shape index (κ3) is 5.46. The van der Waals surface area contributed by atoms with Gasteiger partial charge in [-0.2, -0.15) is 0 Å². The monoisotopic (exact) mass is 473 g/mol. The van der Waals surface area contributed by atoms with Gasteiger partial charge in [0.15, 0.2) is 5.96 Å². The highest BCUT2D eigenvalue weighted by molar-refractivity contribution is 14.0. The van der Waals surface area contributed by atoms with Gasteiger partial charge in [0, 0.05) is 49.5 Å². The lowest BCUT2D eigenvalue weighted by molar-refractivity contribution is 0.415. The molecule has 0 radical (unpaired) electrons. The molecular weight excluding hydrogens is 449 g/mol. The number of anilines is 1. The molecule has 2 aromatic rings. The Hall–Kier alpha value is -1.55. The van der Waals surface area contributed by atoms with Crippen LogP contribution in [-0.2, 0) is 6.54 Å². The van der Waals surface area contributed by atoms with Crippen LogP contribution in [0.2, 0.25) is 0 Å². The number of hydrogen-bond donors (Lipinski definition) is 2. The fourth-order valence-electron chi connectivity index (χ4n) is 2.81. The number of aliphatic imine (C=N–C) groups is 1. The number of ether oxygens (including phenoxy) is 1. The summed E-state index contributed by atoms with van der Waals surface area (Å²) in [5.41, 5.74) is 1.20. The third-order valence-corrected chi connectivity index (χ3v) is 4.84. The van der Waals surface area contributed by atoms with Gasteiger partial charge in [-0.25, -0.2) is 4.98 Å². The standard InChI is InChI=1S/C17H23N5OS.HI/c1-18-17(20-11-16-19-7-9-24-16)21-13-6-8-22(12-13)14-4-3-5-15(10-14)23-2;/h3-5,7,9-10,13H,6,8,11-12H2,1-2H3,(H2,18,20,21);1H. The molecule has 1 fully saturated rings. The van der Waals surface area contributed by atoms with Crippen molar-refractivity contribution in [1.82, 2.24) is 15.6 Å². The zero-order chi connectivity index (χ0) is 16.8. The van der Waals surface area contributed by atoms with Crippen LogP contribution in [0.3, 0.4) is 0 Å². The summed E-state index contributed by atoms with van der Waals surface area (Å²) in [6.45, 7) is 2.67. The molecule has 1 aliphatic rings. The molecule has 1 aliphatic heterocycles. The molecule has 1 atom stereocenters. The van der Waals surface area contributed by atoms with Crippen LogP contribution in [-0.4, -0.2) is 44.2 Å². The van der Waals surface area contributed by atoms with E-state index in [1.165, 1.54) is 5.69 Å². The van der Waals surface area contributed by atoms with Gasteiger partial charge in [0.2, 0.25) is 0 Å². The van der Waals surface area contributed by atoms with Crippen molar-refractivity contribution in [3.8, 4) is 5.75 Å². The van der Waals surface area contributed by atoms with Crippen molar-refractivity contribution in [1.29, 1.82) is 0 Å². The second-order valence-corrected chi connectivity index (χ2v) is 6.61. The van der Waals surface area contributed by atoms with Crippen molar-refractivity contribution in [2.24, 2.45) is 4.99 Å². The van der Waals surface area contributed by atoms with Crippen molar-refractivity contribution < 1.29 is 4.74 Å². The van der Waals surface area contributed by atoms with Crippen molar-refractivity contribution in [3.63, 3.8) is 0 Å². The number of guanidine groups is 1. The van der Waals surface area contributed by atoms with E-state index in [1.54, 1.807) is 25.5 Å². The Morgan fingerprint density at radius 1 is 1.48 bits per heavy atom. The van der Waals surface area contributed by atoms with Crippen LogP contribution in [0.15, 0.2) is 40.8 Å². The zero-order valence-electron chi connectivity index (χ0n) is 14.4. The van der Waals surface area contributed by atoms with E-state index in [-0.39, 0.29) is 24.0 Å². The second kappa shape index (κ2) is 9.81. The summed E-state index contributed by atoms with van der Waals surface area (Å²) >= 11 is 1.64. The molecule has 1 aromatic heterocycles. The molecule has 0 saturated carbocycles. The lowest BCUT2D eigenvalue weighted by atomic mass is 10.2. The largest absolute Gasteiger partial charge is 0.497 e. The van der Waals surface area contributed by atoms with Crippen molar-refractivity contribution in [3.05, 3.63) is 40.8 Å². The molecule has 0 spiro atoms. The summed E-state index contributed by atoms with van der Waals surface area (Å²) in [6.07, 6.45) is 2.90. The van der Waals surface area contributed by atoms with Gasteiger partial charge in [0.05, 0.1) is 13.7 Å². The molecule has 1 unspecified atom stereocenters. The Labute approximate surface area is 169 Å². The Morgan fingerprint density at radius 3 is 3.08 bits per heavy atom. The van der Waals surface area contributed by atoms with Gasteiger partial charge in [-0.15, -0.1) is 35.3 Å². The maximum atomic E-state index is 5.31. The second-order valence-electron chi connectivity index (χ2n) is 5.63. The minimum absolute atomic E-state index is 0. The smallest absolute Gasteiger partial charge is 0.191 e. The molecule has 0 aliphatic carbocycles. The van der Waals surface area contributed by atoms with E-state index in [1.807, 2.05) is 23.7 Å². The number of rotatable bonds is 5. The molecule has 2 heterocycles. The summed E-state index contributed by atoms with van der Waals surface area (Å²) in [6, 6.07) is 8.58. The first-order valence-electron chi connectivity index (χ1n) is 8.03. The Balaban J connectivity index is 0.00000225. The maximum absolute atomic E-state index is 5.31. The highest BCUT2D eigenvalue weighted by atomic mass is 127. The van der Waals surface area contributed by atoms with Crippen LogP contribution in [0, 0.1) is 0 Å². The van der Waals surface area contributed by atoms with E-state index in [0.29, 0.717) is 12.6 Å². The van der Waals surface area contributed by atoms with E-state index in [2.05, 4.69) is 37.6 Å². The molecule has 2 N–H and O–H groups in total. The molecule has 0 amide bonds. The van der Waals surface area contributed by atoms with Crippen molar-refractivity contribution >= 4 is 47.0 Å². The van der Waals surface area contributed by atoms with Gasteiger partial charge in [0.1, 0.15) is 10.8 Å². The highest BCUT2D eigenvalue weighted by Crippen LogP contribution is 2.24. The van der Waals surface area contributed by atoms with Gasteiger partial charge in [-0.05, 0) is 18.6 Å². The third-order valence-electron chi connectivity index (χ3n) is 4.06. The van der Waals surface area contributed by atoms with Crippen LogP contribution in [0.1, 0.15) is 11.4 Å². The van der Waals surface area contributed by atoms with Crippen LogP contribution in [0.5, 0.6) is 5.75 Å². The normalized spacial score (nSPS) is 17.1. The first-order chi connectivity index (χ1) is 11.8. The lowest BCUT2D eigenvalue weighted by Gasteiger charge is -2.20. The molecule has 6 nitrogen and oxygen atoms in total. The summed E-state index contributed by atoms with van der Waals surface area (Å²) in [7, 11) is 3.50. The van der Waals surface area contributed by atoms with Crippen molar-refractivity contribution in [2.75, 3.05) is 32.1 Å². The van der Waals surface area contributed by atoms with Gasteiger partial charge in [-0.3, -0.25) is 4.99 Å². The maximum Gasteiger partial charge on any atom is 0.191 e. The van der Waals surface area contributed by atoms with Crippen LogP contribution < -0.4 is 20.3 Å². The molecule has 136 valence electrons. The average molecular weight is 473 g/mol. The fourth-order valence-corrected chi connectivity index (χ4v) is 3.36. The molecular formula is C17H24IN5OS. The van der Waals surface area contributed by atoms with E-state index in [0.717, 1.165) is 36.2 Å². The summed E-state index contributed by atoms with van der Waals surface area (Å²) in [5.74, 6) is 1.72. The quantitative estimate of drug-likeness (QED) is 0.398. The van der Waals surface area contributed by atoms with E-state index < -0.39 is 0 Å². The molecule has 8 heteroatoms.